The largest absolute Gasteiger partial charge is 0.508 e. The molecule has 1 aliphatic heterocycles. The number of phenols is 2. The summed E-state index contributed by atoms with van der Waals surface area (Å²) < 4.78 is 5.95. The molecule has 5 rings (SSSR count). The van der Waals surface area contributed by atoms with Gasteiger partial charge in [-0.05, 0) is 95.2 Å². The van der Waals surface area contributed by atoms with E-state index in [4.69, 9.17) is 4.74 Å². The molecule has 4 aromatic rings. The number of nitrogens with zero attached hydrogens (tertiary/aromatic N) is 1. The molecule has 184 valence electrons. The van der Waals surface area contributed by atoms with Crippen molar-refractivity contribution in [3.63, 3.8) is 0 Å². The second kappa shape index (κ2) is 10.8. The lowest BCUT2D eigenvalue weighted by molar-refractivity contribution is -0.116. The molecule has 1 fully saturated rings. The van der Waals surface area contributed by atoms with E-state index in [1.807, 2.05) is 36.4 Å². The van der Waals surface area contributed by atoms with E-state index in [2.05, 4.69) is 23.1 Å². The van der Waals surface area contributed by atoms with Crippen LogP contribution >= 0.6 is 0 Å². The average molecular weight is 482 g/mol. The Bertz CT molecular complexity index is 1350. The molecule has 0 saturated carbocycles. The van der Waals surface area contributed by atoms with E-state index in [9.17, 15) is 15.0 Å². The summed E-state index contributed by atoms with van der Waals surface area (Å²) in [5.74, 6) is 1.70. The van der Waals surface area contributed by atoms with Gasteiger partial charge in [-0.15, -0.1) is 0 Å². The summed E-state index contributed by atoms with van der Waals surface area (Å²) in [6.45, 7) is 3.13. The van der Waals surface area contributed by atoms with Gasteiger partial charge in [-0.1, -0.05) is 42.5 Å². The maximum absolute atomic E-state index is 11.4. The third-order valence-electron chi connectivity index (χ3n) is 6.84. The van der Waals surface area contributed by atoms with Crippen molar-refractivity contribution >= 4 is 16.6 Å². The van der Waals surface area contributed by atoms with Crippen LogP contribution in [0.2, 0.25) is 0 Å². The first kappa shape index (κ1) is 23.9. The lowest BCUT2D eigenvalue weighted by Gasteiger charge is -2.15. The zero-order valence-corrected chi connectivity index (χ0v) is 20.3. The fraction of sp³-hybridized carbons (Fsp3) is 0.258. The molecule has 2 N–H and O–H groups in total. The Labute approximate surface area is 211 Å². The second-order valence-corrected chi connectivity index (χ2v) is 9.49. The van der Waals surface area contributed by atoms with Gasteiger partial charge in [0, 0.05) is 13.0 Å². The van der Waals surface area contributed by atoms with Crippen LogP contribution in [0.1, 0.15) is 30.4 Å². The molecule has 5 heteroatoms. The highest BCUT2D eigenvalue weighted by Crippen LogP contribution is 2.34. The number of carbonyl (C=O) groups excluding carboxylic acids is 1. The number of benzene rings is 4. The minimum atomic E-state index is 0.243. The standard InChI is InChI=1S/C31H31NO4/c33-25-8-5-23(6-9-25)29-13-7-24-20-26(34)10-14-30(24)31(29)19-22-3-11-28(12-4-22)36-18-2-1-16-32-17-15-27(35)21-32/h3-14,20,33-34H,1-2,15-19,21H2. The highest BCUT2D eigenvalue weighted by molar-refractivity contribution is 5.93. The monoisotopic (exact) mass is 481 g/mol. The Morgan fingerprint density at radius 2 is 1.61 bits per heavy atom. The van der Waals surface area contributed by atoms with Crippen molar-refractivity contribution in [3.8, 4) is 28.4 Å². The number of phenolic OH excluding ortho intramolecular Hbond substituents is 2. The van der Waals surface area contributed by atoms with Gasteiger partial charge in [0.2, 0.25) is 0 Å². The van der Waals surface area contributed by atoms with Crippen LogP contribution in [0.4, 0.5) is 0 Å². The molecule has 4 aromatic carbocycles. The molecule has 1 aliphatic rings. The Morgan fingerprint density at radius 1 is 0.833 bits per heavy atom. The summed E-state index contributed by atoms with van der Waals surface area (Å²) in [7, 11) is 0. The number of ketones is 1. The van der Waals surface area contributed by atoms with E-state index in [0.717, 1.165) is 60.0 Å². The van der Waals surface area contributed by atoms with Crippen molar-refractivity contribution in [2.75, 3.05) is 26.2 Å². The first-order chi connectivity index (χ1) is 17.5. The smallest absolute Gasteiger partial charge is 0.148 e. The van der Waals surface area contributed by atoms with Gasteiger partial charge in [0.25, 0.3) is 0 Å². The minimum Gasteiger partial charge on any atom is -0.508 e. The predicted molar refractivity (Wildman–Crippen MR) is 143 cm³/mol. The Balaban J connectivity index is 1.27. The van der Waals surface area contributed by atoms with Crippen molar-refractivity contribution in [2.45, 2.75) is 25.7 Å². The number of fused-ring (bicyclic) bond motifs is 1. The normalized spacial score (nSPS) is 13.9. The van der Waals surface area contributed by atoms with E-state index in [-0.39, 0.29) is 11.5 Å². The topological polar surface area (TPSA) is 70.0 Å². The Morgan fingerprint density at radius 3 is 2.36 bits per heavy atom. The first-order valence-electron chi connectivity index (χ1n) is 12.5. The maximum atomic E-state index is 11.4. The lowest BCUT2D eigenvalue weighted by Crippen LogP contribution is -2.22. The summed E-state index contributed by atoms with van der Waals surface area (Å²) in [5.41, 5.74) is 4.48. The van der Waals surface area contributed by atoms with Gasteiger partial charge in [0.15, 0.2) is 0 Å². The summed E-state index contributed by atoms with van der Waals surface area (Å²) in [4.78, 5) is 13.6. The SMILES string of the molecule is O=C1CCN(CCCCOc2ccc(Cc3c(-c4ccc(O)cc4)ccc4cc(O)ccc34)cc2)C1. The van der Waals surface area contributed by atoms with Crippen LogP contribution < -0.4 is 4.74 Å². The van der Waals surface area contributed by atoms with E-state index < -0.39 is 0 Å². The number of likely N-dealkylation sites (tertiary alicyclic amines) is 1. The highest BCUT2D eigenvalue weighted by Gasteiger charge is 2.18. The molecule has 0 radical (unpaired) electrons. The lowest BCUT2D eigenvalue weighted by atomic mass is 9.90. The zero-order valence-electron chi connectivity index (χ0n) is 20.3. The number of hydrogen-bond acceptors (Lipinski definition) is 5. The van der Waals surface area contributed by atoms with Crippen LogP contribution in [0.3, 0.4) is 0 Å². The van der Waals surface area contributed by atoms with Gasteiger partial charge in [-0.2, -0.15) is 0 Å². The molecule has 0 unspecified atom stereocenters. The van der Waals surface area contributed by atoms with Crippen LogP contribution in [0.5, 0.6) is 17.2 Å². The number of ether oxygens (including phenoxy) is 1. The number of rotatable bonds is 9. The number of hydrogen-bond donors (Lipinski definition) is 2. The van der Waals surface area contributed by atoms with E-state index in [1.54, 1.807) is 24.3 Å². The Hall–Kier alpha value is -3.83. The van der Waals surface area contributed by atoms with Crippen LogP contribution in [0.25, 0.3) is 21.9 Å². The summed E-state index contributed by atoms with van der Waals surface area (Å²) in [5, 5.41) is 21.8. The molecule has 0 atom stereocenters. The van der Waals surface area contributed by atoms with Crippen LogP contribution in [-0.2, 0) is 11.2 Å². The number of aromatic hydroxyl groups is 2. The van der Waals surface area contributed by atoms with Crippen LogP contribution in [0, 0.1) is 0 Å². The van der Waals surface area contributed by atoms with E-state index in [0.29, 0.717) is 25.4 Å². The van der Waals surface area contributed by atoms with E-state index in [1.165, 1.54) is 11.1 Å². The van der Waals surface area contributed by atoms with Crippen molar-refractivity contribution in [3.05, 3.63) is 90.0 Å². The second-order valence-electron chi connectivity index (χ2n) is 9.49. The van der Waals surface area contributed by atoms with Gasteiger partial charge in [0.1, 0.15) is 23.0 Å². The van der Waals surface area contributed by atoms with Crippen molar-refractivity contribution < 1.29 is 19.7 Å². The maximum Gasteiger partial charge on any atom is 0.148 e. The van der Waals surface area contributed by atoms with Gasteiger partial charge < -0.3 is 14.9 Å². The molecule has 5 nitrogen and oxygen atoms in total. The molecule has 0 amide bonds. The number of carbonyl (C=O) groups is 1. The van der Waals surface area contributed by atoms with Crippen molar-refractivity contribution in [2.24, 2.45) is 0 Å². The fourth-order valence-electron chi connectivity index (χ4n) is 4.90. The zero-order chi connectivity index (χ0) is 24.9. The third-order valence-corrected chi connectivity index (χ3v) is 6.84. The number of unbranched alkanes of at least 4 members (excludes halogenated alkanes) is 1. The van der Waals surface area contributed by atoms with Crippen LogP contribution in [0.15, 0.2) is 78.9 Å². The van der Waals surface area contributed by atoms with Gasteiger partial charge in [-0.25, -0.2) is 0 Å². The predicted octanol–water partition coefficient (Wildman–Crippen LogP) is 5.94. The van der Waals surface area contributed by atoms with Crippen molar-refractivity contribution in [1.82, 2.24) is 4.90 Å². The van der Waals surface area contributed by atoms with Crippen LogP contribution in [-0.4, -0.2) is 47.1 Å². The molecular weight excluding hydrogens is 450 g/mol. The average Bonchev–Trinajstić information content (AvgIpc) is 3.30. The molecule has 1 saturated heterocycles. The van der Waals surface area contributed by atoms with Gasteiger partial charge >= 0.3 is 0 Å². The summed E-state index contributed by atoms with van der Waals surface area (Å²) in [6.07, 6.45) is 3.42. The molecule has 0 aliphatic carbocycles. The van der Waals surface area contributed by atoms with E-state index >= 15 is 0 Å². The molecule has 0 bridgehead atoms. The molecule has 36 heavy (non-hydrogen) atoms. The molecule has 0 aromatic heterocycles. The molecule has 0 spiro atoms. The quantitative estimate of drug-likeness (QED) is 0.290. The van der Waals surface area contributed by atoms with Gasteiger partial charge in [-0.3, -0.25) is 9.69 Å². The molecular formula is C31H31NO4. The fourth-order valence-corrected chi connectivity index (χ4v) is 4.90. The third kappa shape index (κ3) is 5.69. The summed E-state index contributed by atoms with van der Waals surface area (Å²) >= 11 is 0. The Kier molecular flexibility index (Phi) is 7.19. The first-order valence-corrected chi connectivity index (χ1v) is 12.5. The highest BCUT2D eigenvalue weighted by atomic mass is 16.5. The minimum absolute atomic E-state index is 0.243. The van der Waals surface area contributed by atoms with Gasteiger partial charge in [0.05, 0.1) is 13.2 Å². The number of Topliss-reactive ketones (excluding diaryl/α,β-unsaturated/α-hetero) is 1. The summed E-state index contributed by atoms with van der Waals surface area (Å²) in [6, 6.07) is 25.1. The molecule has 1 heterocycles. The van der Waals surface area contributed by atoms with Crippen molar-refractivity contribution in [1.29, 1.82) is 0 Å².